The first-order valence-corrected chi connectivity index (χ1v) is 8.13. The Balaban J connectivity index is 1.92. The highest BCUT2D eigenvalue weighted by atomic mass is 35.5. The maximum atomic E-state index is 13.0. The van der Waals surface area contributed by atoms with Crippen LogP contribution in [0.15, 0.2) is 48.5 Å². The number of para-hydroxylation sites is 1. The smallest absolute Gasteiger partial charge is 0.235 e. The van der Waals surface area contributed by atoms with Crippen molar-refractivity contribution in [3.63, 3.8) is 0 Å². The lowest BCUT2D eigenvalue weighted by Crippen LogP contribution is -2.38. The Morgan fingerprint density at radius 3 is 2.32 bits per heavy atom. The SMILES string of the molecule is Cc1ccccc1NC(=O)C1(c2ccc(Cl)cc2)CCCC1. The average Bonchev–Trinajstić information content (AvgIpc) is 3.01. The molecule has 0 aromatic heterocycles. The number of carbonyl (C=O) groups excluding carboxylic acids is 1. The topological polar surface area (TPSA) is 29.1 Å². The molecule has 1 fully saturated rings. The lowest BCUT2D eigenvalue weighted by molar-refractivity contribution is -0.121. The third-order valence-corrected chi connectivity index (χ3v) is 4.93. The number of halogens is 1. The Morgan fingerprint density at radius 1 is 1.05 bits per heavy atom. The largest absolute Gasteiger partial charge is 0.325 e. The maximum Gasteiger partial charge on any atom is 0.235 e. The summed E-state index contributed by atoms with van der Waals surface area (Å²) in [6, 6.07) is 15.6. The van der Waals surface area contributed by atoms with Crippen molar-refractivity contribution >= 4 is 23.2 Å². The van der Waals surface area contributed by atoms with Crippen molar-refractivity contribution in [2.75, 3.05) is 5.32 Å². The molecule has 2 nitrogen and oxygen atoms in total. The Bertz CT molecular complexity index is 672. The van der Waals surface area contributed by atoms with E-state index in [0.29, 0.717) is 5.02 Å². The van der Waals surface area contributed by atoms with E-state index in [9.17, 15) is 4.79 Å². The van der Waals surface area contributed by atoms with Crippen LogP contribution in [0.1, 0.15) is 36.8 Å². The molecule has 1 amide bonds. The Hall–Kier alpha value is -1.80. The molecule has 114 valence electrons. The molecule has 2 aromatic carbocycles. The average molecular weight is 314 g/mol. The summed E-state index contributed by atoms with van der Waals surface area (Å²) in [7, 11) is 0. The van der Waals surface area contributed by atoms with Gasteiger partial charge in [-0.3, -0.25) is 4.79 Å². The van der Waals surface area contributed by atoms with Crippen LogP contribution in [0.25, 0.3) is 0 Å². The highest BCUT2D eigenvalue weighted by molar-refractivity contribution is 6.30. The highest BCUT2D eigenvalue weighted by Crippen LogP contribution is 2.42. The van der Waals surface area contributed by atoms with Crippen molar-refractivity contribution in [3.8, 4) is 0 Å². The van der Waals surface area contributed by atoms with Gasteiger partial charge in [0.15, 0.2) is 0 Å². The van der Waals surface area contributed by atoms with Crippen LogP contribution >= 0.6 is 11.6 Å². The standard InChI is InChI=1S/C19H20ClNO/c1-14-6-2-3-7-17(14)21-18(22)19(12-4-5-13-19)15-8-10-16(20)11-9-15/h2-3,6-11H,4-5,12-13H2,1H3,(H,21,22). The Labute approximate surface area is 136 Å². The zero-order valence-corrected chi connectivity index (χ0v) is 13.5. The third-order valence-electron chi connectivity index (χ3n) is 4.68. The molecule has 1 aliphatic carbocycles. The molecule has 0 bridgehead atoms. The monoisotopic (exact) mass is 313 g/mol. The number of hydrogen-bond acceptors (Lipinski definition) is 1. The number of anilines is 1. The van der Waals surface area contributed by atoms with Gasteiger partial charge in [-0.2, -0.15) is 0 Å². The minimum atomic E-state index is -0.424. The quantitative estimate of drug-likeness (QED) is 0.839. The number of amides is 1. The second-order valence-electron chi connectivity index (χ2n) is 6.07. The van der Waals surface area contributed by atoms with Crippen molar-refractivity contribution in [2.24, 2.45) is 0 Å². The van der Waals surface area contributed by atoms with Crippen LogP contribution in [0.4, 0.5) is 5.69 Å². The summed E-state index contributed by atoms with van der Waals surface area (Å²) in [5, 5.41) is 3.84. The van der Waals surface area contributed by atoms with E-state index in [2.05, 4.69) is 5.32 Å². The van der Waals surface area contributed by atoms with Crippen molar-refractivity contribution in [3.05, 3.63) is 64.7 Å². The molecule has 22 heavy (non-hydrogen) atoms. The van der Waals surface area contributed by atoms with Crippen molar-refractivity contribution in [1.29, 1.82) is 0 Å². The van der Waals surface area contributed by atoms with Gasteiger partial charge in [0.1, 0.15) is 0 Å². The van der Waals surface area contributed by atoms with E-state index >= 15 is 0 Å². The van der Waals surface area contributed by atoms with Gasteiger partial charge in [-0.15, -0.1) is 0 Å². The second-order valence-corrected chi connectivity index (χ2v) is 6.50. The van der Waals surface area contributed by atoms with Crippen LogP contribution in [0, 0.1) is 6.92 Å². The summed E-state index contributed by atoms with van der Waals surface area (Å²) in [6.45, 7) is 2.01. The first-order chi connectivity index (χ1) is 10.6. The van der Waals surface area contributed by atoms with E-state index in [1.807, 2.05) is 55.5 Å². The normalized spacial score (nSPS) is 16.5. The summed E-state index contributed by atoms with van der Waals surface area (Å²) in [4.78, 5) is 13.0. The van der Waals surface area contributed by atoms with E-state index in [1.165, 1.54) is 0 Å². The summed E-state index contributed by atoms with van der Waals surface area (Å²) in [5.74, 6) is 0.0987. The molecule has 0 saturated heterocycles. The van der Waals surface area contributed by atoms with E-state index in [-0.39, 0.29) is 5.91 Å². The van der Waals surface area contributed by atoms with Crippen LogP contribution < -0.4 is 5.32 Å². The number of nitrogens with one attached hydrogen (secondary N) is 1. The van der Waals surface area contributed by atoms with Gasteiger partial charge in [-0.25, -0.2) is 0 Å². The molecule has 0 radical (unpaired) electrons. The highest BCUT2D eigenvalue weighted by Gasteiger charge is 2.42. The maximum absolute atomic E-state index is 13.0. The number of hydrogen-bond donors (Lipinski definition) is 1. The molecule has 1 saturated carbocycles. The molecule has 1 N–H and O–H groups in total. The van der Waals surface area contributed by atoms with E-state index in [4.69, 9.17) is 11.6 Å². The lowest BCUT2D eigenvalue weighted by atomic mass is 9.78. The van der Waals surface area contributed by atoms with Gasteiger partial charge >= 0.3 is 0 Å². The first-order valence-electron chi connectivity index (χ1n) is 7.75. The molecule has 0 atom stereocenters. The Morgan fingerprint density at radius 2 is 1.68 bits per heavy atom. The summed E-state index contributed by atoms with van der Waals surface area (Å²) in [5.41, 5.74) is 2.63. The molecule has 2 aromatic rings. The molecule has 0 unspecified atom stereocenters. The van der Waals surface area contributed by atoms with Crippen molar-refractivity contribution in [2.45, 2.75) is 38.0 Å². The van der Waals surface area contributed by atoms with Gasteiger partial charge in [0.05, 0.1) is 5.41 Å². The van der Waals surface area contributed by atoms with E-state index in [0.717, 1.165) is 42.5 Å². The fourth-order valence-electron chi connectivity index (χ4n) is 3.35. The fraction of sp³-hybridized carbons (Fsp3) is 0.316. The molecule has 0 aliphatic heterocycles. The zero-order valence-electron chi connectivity index (χ0n) is 12.7. The van der Waals surface area contributed by atoms with Crippen LogP contribution in [0.2, 0.25) is 5.02 Å². The molecular formula is C19H20ClNO. The molecule has 0 spiro atoms. The van der Waals surface area contributed by atoms with Gasteiger partial charge in [0, 0.05) is 10.7 Å². The van der Waals surface area contributed by atoms with E-state index in [1.54, 1.807) is 0 Å². The second kappa shape index (κ2) is 6.13. The van der Waals surface area contributed by atoms with Gasteiger partial charge in [-0.1, -0.05) is 54.8 Å². The number of carbonyl (C=O) groups is 1. The molecule has 0 heterocycles. The predicted molar refractivity (Wildman–Crippen MR) is 91.4 cm³/mol. The summed E-state index contributed by atoms with van der Waals surface area (Å²) < 4.78 is 0. The summed E-state index contributed by atoms with van der Waals surface area (Å²) >= 11 is 5.99. The van der Waals surface area contributed by atoms with Gasteiger partial charge < -0.3 is 5.32 Å². The molecule has 3 rings (SSSR count). The number of rotatable bonds is 3. The Kier molecular flexibility index (Phi) is 4.21. The van der Waals surface area contributed by atoms with E-state index < -0.39 is 5.41 Å². The molecule has 3 heteroatoms. The summed E-state index contributed by atoms with van der Waals surface area (Å²) in [6.07, 6.45) is 3.96. The minimum Gasteiger partial charge on any atom is -0.325 e. The predicted octanol–water partition coefficient (Wildman–Crippen LogP) is 5.10. The fourth-order valence-corrected chi connectivity index (χ4v) is 3.48. The lowest BCUT2D eigenvalue weighted by Gasteiger charge is -2.28. The number of aryl methyl sites for hydroxylation is 1. The first kappa shape index (κ1) is 15.1. The van der Waals surface area contributed by atoms with Crippen molar-refractivity contribution < 1.29 is 4.79 Å². The van der Waals surface area contributed by atoms with Gasteiger partial charge in [0.25, 0.3) is 0 Å². The zero-order chi connectivity index (χ0) is 15.6. The van der Waals surface area contributed by atoms with Crippen LogP contribution in [-0.2, 0) is 10.2 Å². The van der Waals surface area contributed by atoms with Crippen LogP contribution in [-0.4, -0.2) is 5.91 Å². The van der Waals surface area contributed by atoms with Gasteiger partial charge in [-0.05, 0) is 49.1 Å². The van der Waals surface area contributed by atoms with Crippen LogP contribution in [0.3, 0.4) is 0 Å². The van der Waals surface area contributed by atoms with Crippen LogP contribution in [0.5, 0.6) is 0 Å². The molecular weight excluding hydrogens is 294 g/mol. The minimum absolute atomic E-state index is 0.0987. The van der Waals surface area contributed by atoms with Gasteiger partial charge in [0.2, 0.25) is 5.91 Å². The number of benzene rings is 2. The van der Waals surface area contributed by atoms with Crippen molar-refractivity contribution in [1.82, 2.24) is 0 Å². The molecule has 1 aliphatic rings. The third kappa shape index (κ3) is 2.76.